The number of benzene rings is 4. The number of fused-ring (bicyclic) bond motifs is 1. The van der Waals surface area contributed by atoms with Crippen LogP contribution in [0.1, 0.15) is 31.8 Å². The van der Waals surface area contributed by atoms with Gasteiger partial charge in [-0.25, -0.2) is 0 Å². The number of nitrogens with two attached hydrogens (primary N) is 1. The van der Waals surface area contributed by atoms with Crippen molar-refractivity contribution in [3.63, 3.8) is 0 Å². The van der Waals surface area contributed by atoms with Crippen molar-refractivity contribution in [3.8, 4) is 11.1 Å². The van der Waals surface area contributed by atoms with Gasteiger partial charge in [0.1, 0.15) is 11.4 Å². The van der Waals surface area contributed by atoms with E-state index < -0.39 is 0 Å². The molecule has 0 unspecified atom stereocenters. The van der Waals surface area contributed by atoms with Crippen molar-refractivity contribution in [2.75, 3.05) is 37.6 Å². The van der Waals surface area contributed by atoms with Gasteiger partial charge < -0.3 is 16.0 Å². The lowest BCUT2D eigenvalue weighted by molar-refractivity contribution is 0.0967. The molecule has 1 saturated heterocycles. The first-order chi connectivity index (χ1) is 20.5. The molecule has 0 atom stereocenters. The molecule has 1 aliphatic carbocycles. The van der Waals surface area contributed by atoms with Crippen molar-refractivity contribution in [3.05, 3.63) is 136 Å². The van der Waals surface area contributed by atoms with Gasteiger partial charge in [0, 0.05) is 61.1 Å². The van der Waals surface area contributed by atoms with Crippen molar-refractivity contribution in [2.24, 2.45) is 5.73 Å². The van der Waals surface area contributed by atoms with Crippen LogP contribution in [0, 0.1) is 0 Å². The molecule has 6 nitrogen and oxygen atoms in total. The maximum Gasteiger partial charge on any atom is 0.211 e. The summed E-state index contributed by atoms with van der Waals surface area (Å²) >= 11 is 6.10. The molecule has 7 heteroatoms. The van der Waals surface area contributed by atoms with Gasteiger partial charge >= 0.3 is 0 Å². The van der Waals surface area contributed by atoms with Gasteiger partial charge in [-0.2, -0.15) is 0 Å². The van der Waals surface area contributed by atoms with Crippen LogP contribution in [0.25, 0.3) is 11.1 Å². The van der Waals surface area contributed by atoms with E-state index in [1.54, 1.807) is 24.3 Å². The molecular weight excluding hydrogens is 544 g/mol. The van der Waals surface area contributed by atoms with Crippen LogP contribution in [0.3, 0.4) is 0 Å². The average molecular weight is 577 g/mol. The van der Waals surface area contributed by atoms with Crippen molar-refractivity contribution in [1.29, 1.82) is 0 Å². The van der Waals surface area contributed by atoms with Crippen LogP contribution in [0.15, 0.2) is 108 Å². The van der Waals surface area contributed by atoms with Gasteiger partial charge in [-0.05, 0) is 52.9 Å². The zero-order chi connectivity index (χ0) is 29.1. The Morgan fingerprint density at radius 3 is 2.02 bits per heavy atom. The summed E-state index contributed by atoms with van der Waals surface area (Å²) in [5.41, 5.74) is 13.1. The van der Waals surface area contributed by atoms with Gasteiger partial charge in [-0.15, -0.1) is 0 Å². The van der Waals surface area contributed by atoms with Crippen molar-refractivity contribution < 1.29 is 9.59 Å². The fourth-order valence-electron chi connectivity index (χ4n) is 5.75. The molecule has 42 heavy (non-hydrogen) atoms. The van der Waals surface area contributed by atoms with E-state index in [1.165, 1.54) is 22.4 Å². The van der Waals surface area contributed by atoms with E-state index in [0.717, 1.165) is 43.3 Å². The van der Waals surface area contributed by atoms with E-state index in [0.29, 0.717) is 24.1 Å². The number of rotatable bonds is 8. The second kappa shape index (κ2) is 12.2. The fourth-order valence-corrected chi connectivity index (χ4v) is 5.88. The van der Waals surface area contributed by atoms with Crippen molar-refractivity contribution in [2.45, 2.75) is 13.0 Å². The standard InChI is InChI=1S/C35H33ClN4O2/c36-27-13-11-25(12-14-27)29-6-2-1-5-26(29)23-39-19-21-40(22-20-39)28-15-9-24(10-16-28)17-18-38-33-32(37)34(41)30-7-3-4-8-31(30)35(33)42/h1-16,38H,17-23,37H2. The van der Waals surface area contributed by atoms with Gasteiger partial charge in [-0.3, -0.25) is 14.5 Å². The number of carbonyl (C=O) groups is 2. The molecule has 1 heterocycles. The van der Waals surface area contributed by atoms with E-state index in [-0.39, 0.29) is 23.0 Å². The molecule has 1 fully saturated rings. The Kier molecular flexibility index (Phi) is 8.08. The quantitative estimate of drug-likeness (QED) is 0.280. The molecule has 0 saturated carbocycles. The molecule has 0 aromatic heterocycles. The Bertz CT molecular complexity index is 1640. The lowest BCUT2D eigenvalue weighted by Crippen LogP contribution is -2.46. The number of piperazine rings is 1. The maximum absolute atomic E-state index is 12.9. The summed E-state index contributed by atoms with van der Waals surface area (Å²) in [7, 11) is 0. The Balaban J connectivity index is 1.01. The number of allylic oxidation sites excluding steroid dienone is 2. The van der Waals surface area contributed by atoms with Gasteiger partial charge in [0.15, 0.2) is 0 Å². The number of nitrogens with zero attached hydrogens (tertiary/aromatic N) is 2. The van der Waals surface area contributed by atoms with Crippen LogP contribution in [-0.4, -0.2) is 49.2 Å². The zero-order valence-electron chi connectivity index (χ0n) is 23.4. The van der Waals surface area contributed by atoms with Gasteiger partial charge in [-0.1, -0.05) is 84.4 Å². The van der Waals surface area contributed by atoms with E-state index in [9.17, 15) is 9.59 Å². The predicted molar refractivity (Wildman–Crippen MR) is 169 cm³/mol. The third-order valence-corrected chi connectivity index (χ3v) is 8.37. The average Bonchev–Trinajstić information content (AvgIpc) is 3.03. The Morgan fingerprint density at radius 2 is 1.33 bits per heavy atom. The Morgan fingerprint density at radius 1 is 0.714 bits per heavy atom. The second-order valence-electron chi connectivity index (χ2n) is 10.8. The van der Waals surface area contributed by atoms with E-state index in [2.05, 4.69) is 75.8 Å². The highest BCUT2D eigenvalue weighted by atomic mass is 35.5. The minimum Gasteiger partial charge on any atom is -0.394 e. The Labute approximate surface area is 251 Å². The van der Waals surface area contributed by atoms with Crippen molar-refractivity contribution >= 4 is 28.9 Å². The predicted octanol–water partition coefficient (Wildman–Crippen LogP) is 5.71. The minimum atomic E-state index is -0.303. The number of hydrogen-bond acceptors (Lipinski definition) is 6. The second-order valence-corrected chi connectivity index (χ2v) is 11.2. The van der Waals surface area contributed by atoms with Crippen molar-refractivity contribution in [1.82, 2.24) is 10.2 Å². The highest BCUT2D eigenvalue weighted by Crippen LogP contribution is 2.27. The number of halogens is 1. The van der Waals surface area contributed by atoms with E-state index in [4.69, 9.17) is 17.3 Å². The van der Waals surface area contributed by atoms with Crippen LogP contribution in [-0.2, 0) is 13.0 Å². The number of anilines is 1. The summed E-state index contributed by atoms with van der Waals surface area (Å²) in [5, 5.41) is 3.87. The molecule has 0 radical (unpaired) electrons. The van der Waals surface area contributed by atoms with Gasteiger partial charge in [0.05, 0.1) is 0 Å². The summed E-state index contributed by atoms with van der Waals surface area (Å²) in [4.78, 5) is 30.4. The number of Topliss-reactive ketones (excluding diaryl/α,β-unsaturated/α-hetero) is 2. The third kappa shape index (κ3) is 5.82. The molecule has 6 rings (SSSR count). The SMILES string of the molecule is NC1=C(NCCc2ccc(N3CCN(Cc4ccccc4-c4ccc(Cl)cc4)CC3)cc2)C(=O)c2ccccc2C1=O. The van der Waals surface area contributed by atoms with Crippen LogP contribution in [0.5, 0.6) is 0 Å². The molecule has 4 aromatic rings. The van der Waals surface area contributed by atoms with Crippen LogP contribution >= 0.6 is 11.6 Å². The third-order valence-electron chi connectivity index (χ3n) is 8.11. The molecule has 0 spiro atoms. The molecular formula is C35H33ClN4O2. The molecule has 0 amide bonds. The lowest BCUT2D eigenvalue weighted by Gasteiger charge is -2.36. The van der Waals surface area contributed by atoms with Crippen LogP contribution in [0.2, 0.25) is 5.02 Å². The molecule has 1 aliphatic heterocycles. The lowest BCUT2D eigenvalue weighted by atomic mass is 9.90. The monoisotopic (exact) mass is 576 g/mol. The highest BCUT2D eigenvalue weighted by Gasteiger charge is 2.30. The van der Waals surface area contributed by atoms with Crippen LogP contribution in [0.4, 0.5) is 5.69 Å². The summed E-state index contributed by atoms with van der Waals surface area (Å²) in [6.45, 7) is 5.34. The summed E-state index contributed by atoms with van der Waals surface area (Å²) in [6, 6.07) is 32.1. The first-order valence-corrected chi connectivity index (χ1v) is 14.7. The maximum atomic E-state index is 12.9. The van der Waals surface area contributed by atoms with E-state index >= 15 is 0 Å². The first-order valence-electron chi connectivity index (χ1n) is 14.3. The Hall–Kier alpha value is -4.39. The minimum absolute atomic E-state index is 0.0124. The number of ketones is 2. The molecule has 2 aliphatic rings. The number of carbonyl (C=O) groups excluding carboxylic acids is 2. The molecule has 3 N–H and O–H groups in total. The van der Waals surface area contributed by atoms with E-state index in [1.807, 2.05) is 12.1 Å². The first kappa shape index (κ1) is 27.8. The van der Waals surface area contributed by atoms with Crippen LogP contribution < -0.4 is 16.0 Å². The summed E-state index contributed by atoms with van der Waals surface area (Å²) in [5.74, 6) is -0.534. The summed E-state index contributed by atoms with van der Waals surface area (Å²) < 4.78 is 0. The topological polar surface area (TPSA) is 78.7 Å². The molecule has 0 bridgehead atoms. The number of hydrogen-bond donors (Lipinski definition) is 2. The molecule has 212 valence electrons. The largest absolute Gasteiger partial charge is 0.394 e. The smallest absolute Gasteiger partial charge is 0.211 e. The zero-order valence-corrected chi connectivity index (χ0v) is 24.1. The number of nitrogens with one attached hydrogen (secondary N) is 1. The molecule has 4 aromatic carbocycles. The fraction of sp³-hybridized carbons (Fsp3) is 0.200. The van der Waals surface area contributed by atoms with Gasteiger partial charge in [0.2, 0.25) is 11.6 Å². The van der Waals surface area contributed by atoms with Gasteiger partial charge in [0.25, 0.3) is 0 Å². The normalized spacial score (nSPS) is 15.6. The summed E-state index contributed by atoms with van der Waals surface area (Å²) in [6.07, 6.45) is 0.709. The highest BCUT2D eigenvalue weighted by molar-refractivity contribution is 6.30.